The molecule has 0 spiro atoms. The molecule has 0 saturated carbocycles. The number of piperidine rings is 1. The second kappa shape index (κ2) is 6.12. The molecule has 0 aliphatic carbocycles. The predicted octanol–water partition coefficient (Wildman–Crippen LogP) is 5.10. The van der Waals surface area contributed by atoms with Gasteiger partial charge in [-0.25, -0.2) is 18.7 Å². The Labute approximate surface area is 161 Å². The Balaban J connectivity index is 1.83. The van der Waals surface area contributed by atoms with Crippen LogP contribution in [0.3, 0.4) is 0 Å². The van der Waals surface area contributed by atoms with Gasteiger partial charge in [0.2, 0.25) is 0 Å². The van der Waals surface area contributed by atoms with Gasteiger partial charge in [-0.05, 0) is 42.9 Å². The Morgan fingerprint density at radius 3 is 2.46 bits per heavy atom. The zero-order chi connectivity index (χ0) is 19.6. The van der Waals surface area contributed by atoms with Gasteiger partial charge in [-0.3, -0.25) is 4.40 Å². The second-order valence-corrected chi connectivity index (χ2v) is 8.27. The first-order chi connectivity index (χ1) is 13.4. The van der Waals surface area contributed by atoms with Crippen LogP contribution in [0, 0.1) is 30.4 Å². The normalized spacial score (nSPS) is 20.5. The summed E-state index contributed by atoms with van der Waals surface area (Å²) in [5.74, 6) is -0.507. The van der Waals surface area contributed by atoms with Gasteiger partial charge in [-0.1, -0.05) is 13.8 Å². The molecule has 0 amide bonds. The number of imidazole rings is 1. The number of aromatic nitrogens is 3. The number of hydrogen-bond donors (Lipinski definition) is 0. The van der Waals surface area contributed by atoms with E-state index in [4.69, 9.17) is 0 Å². The van der Waals surface area contributed by atoms with Crippen molar-refractivity contribution in [1.29, 1.82) is 0 Å². The quantitative estimate of drug-likeness (QED) is 0.460. The average Bonchev–Trinajstić information content (AvgIpc) is 3.00. The Morgan fingerprint density at radius 2 is 1.71 bits per heavy atom. The molecular formula is C22H22F2N4. The molecule has 1 aliphatic rings. The van der Waals surface area contributed by atoms with Crippen LogP contribution in [-0.2, 0) is 0 Å². The van der Waals surface area contributed by atoms with Crippen molar-refractivity contribution in [2.45, 2.75) is 27.2 Å². The first-order valence-electron chi connectivity index (χ1n) is 9.73. The number of nitrogens with zero attached hydrogens (tertiary/aromatic N) is 4. The molecule has 1 aliphatic heterocycles. The van der Waals surface area contributed by atoms with Gasteiger partial charge in [0.1, 0.15) is 11.3 Å². The van der Waals surface area contributed by atoms with Gasteiger partial charge in [0.05, 0.1) is 11.0 Å². The Morgan fingerprint density at radius 1 is 1.00 bits per heavy atom. The number of anilines is 1. The van der Waals surface area contributed by atoms with Gasteiger partial charge in [0, 0.05) is 42.5 Å². The van der Waals surface area contributed by atoms with Crippen LogP contribution in [-0.4, -0.2) is 27.5 Å². The highest BCUT2D eigenvalue weighted by atomic mass is 19.2. The summed E-state index contributed by atoms with van der Waals surface area (Å²) in [7, 11) is 0. The van der Waals surface area contributed by atoms with Gasteiger partial charge >= 0.3 is 0 Å². The van der Waals surface area contributed by atoms with Crippen molar-refractivity contribution in [1.82, 2.24) is 14.4 Å². The van der Waals surface area contributed by atoms with E-state index in [2.05, 4.69) is 40.8 Å². The number of hydrogen-bond acceptors (Lipinski definition) is 3. The van der Waals surface area contributed by atoms with Crippen LogP contribution in [0.4, 0.5) is 14.5 Å². The lowest BCUT2D eigenvalue weighted by Gasteiger charge is -2.37. The fraction of sp³-hybridized carbons (Fsp3) is 0.364. The lowest BCUT2D eigenvalue weighted by molar-refractivity contribution is 0.357. The second-order valence-electron chi connectivity index (χ2n) is 8.27. The molecule has 1 fully saturated rings. The molecule has 4 aromatic rings. The summed E-state index contributed by atoms with van der Waals surface area (Å²) in [6, 6.07) is 6.51. The number of rotatable bonds is 1. The number of benzene rings is 1. The summed E-state index contributed by atoms with van der Waals surface area (Å²) < 4.78 is 29.5. The van der Waals surface area contributed by atoms with E-state index in [0.29, 0.717) is 28.5 Å². The highest BCUT2D eigenvalue weighted by molar-refractivity contribution is 5.96. The molecule has 2 atom stereocenters. The van der Waals surface area contributed by atoms with E-state index in [0.717, 1.165) is 41.4 Å². The van der Waals surface area contributed by atoms with Crippen molar-refractivity contribution in [3.8, 4) is 0 Å². The SMILES string of the molecule is Cc1cc2c(N3C[C@H](C)C[C@H](C)C3)ccnc2n2c1nc1cc(F)c(F)cc12. The Hall–Kier alpha value is -2.76. The summed E-state index contributed by atoms with van der Waals surface area (Å²) in [5.41, 5.74) is 4.46. The third kappa shape index (κ3) is 2.54. The molecule has 6 heteroatoms. The molecule has 4 nitrogen and oxygen atoms in total. The van der Waals surface area contributed by atoms with E-state index >= 15 is 0 Å². The zero-order valence-corrected chi connectivity index (χ0v) is 16.2. The molecule has 1 aromatic carbocycles. The average molecular weight is 380 g/mol. The van der Waals surface area contributed by atoms with Gasteiger partial charge in [-0.15, -0.1) is 0 Å². The number of aryl methyl sites for hydroxylation is 1. The van der Waals surface area contributed by atoms with Crippen molar-refractivity contribution in [2.75, 3.05) is 18.0 Å². The summed E-state index contributed by atoms with van der Waals surface area (Å²) in [6.07, 6.45) is 3.03. The van der Waals surface area contributed by atoms with Gasteiger partial charge in [0.25, 0.3) is 0 Å². The predicted molar refractivity (Wildman–Crippen MR) is 108 cm³/mol. The van der Waals surface area contributed by atoms with Crippen LogP contribution in [0.15, 0.2) is 30.5 Å². The van der Waals surface area contributed by atoms with Crippen LogP contribution in [0.1, 0.15) is 25.8 Å². The van der Waals surface area contributed by atoms with E-state index in [-0.39, 0.29) is 0 Å². The minimum atomic E-state index is -0.886. The maximum absolute atomic E-state index is 14.0. The van der Waals surface area contributed by atoms with E-state index in [1.165, 1.54) is 12.5 Å². The minimum Gasteiger partial charge on any atom is -0.370 e. The van der Waals surface area contributed by atoms with Crippen molar-refractivity contribution in [3.63, 3.8) is 0 Å². The number of pyridine rings is 2. The van der Waals surface area contributed by atoms with Gasteiger partial charge in [0.15, 0.2) is 11.6 Å². The molecule has 0 radical (unpaired) electrons. The largest absolute Gasteiger partial charge is 0.370 e. The molecule has 0 unspecified atom stereocenters. The minimum absolute atomic E-state index is 0.432. The lowest BCUT2D eigenvalue weighted by atomic mass is 9.91. The first kappa shape index (κ1) is 17.3. The van der Waals surface area contributed by atoms with Crippen LogP contribution >= 0.6 is 0 Å². The third-order valence-corrected chi connectivity index (χ3v) is 5.78. The van der Waals surface area contributed by atoms with Crippen molar-refractivity contribution >= 4 is 33.4 Å². The summed E-state index contributed by atoms with van der Waals surface area (Å²) in [6.45, 7) is 8.56. The summed E-state index contributed by atoms with van der Waals surface area (Å²) in [4.78, 5) is 11.6. The fourth-order valence-corrected chi connectivity index (χ4v) is 4.74. The molecule has 1 saturated heterocycles. The van der Waals surface area contributed by atoms with E-state index in [1.807, 2.05) is 11.3 Å². The maximum Gasteiger partial charge on any atom is 0.161 e. The van der Waals surface area contributed by atoms with Crippen LogP contribution < -0.4 is 4.90 Å². The highest BCUT2D eigenvalue weighted by Gasteiger charge is 2.24. The molecule has 144 valence electrons. The molecular weight excluding hydrogens is 358 g/mol. The smallest absolute Gasteiger partial charge is 0.161 e. The fourth-order valence-electron chi connectivity index (χ4n) is 4.74. The van der Waals surface area contributed by atoms with Crippen molar-refractivity contribution in [3.05, 3.63) is 47.7 Å². The molecule has 0 bridgehead atoms. The summed E-state index contributed by atoms with van der Waals surface area (Å²) in [5, 5.41) is 1.01. The maximum atomic E-state index is 14.0. The van der Waals surface area contributed by atoms with Crippen LogP contribution in [0.5, 0.6) is 0 Å². The van der Waals surface area contributed by atoms with Gasteiger partial charge in [-0.2, -0.15) is 0 Å². The Bertz CT molecular complexity index is 1220. The summed E-state index contributed by atoms with van der Waals surface area (Å²) >= 11 is 0. The number of fused-ring (bicyclic) bond motifs is 5. The van der Waals surface area contributed by atoms with Gasteiger partial charge < -0.3 is 4.90 Å². The lowest BCUT2D eigenvalue weighted by Crippen LogP contribution is -2.38. The standard InChI is InChI=1S/C22H22F2N4/c1-12-6-13(2)11-27(10-12)19-4-5-25-22-15(19)7-14(3)21-26-18-8-16(23)17(24)9-20(18)28(21)22/h4-5,7-9,12-13H,6,10-11H2,1-3H3/t12-,13+. The molecule has 4 heterocycles. The molecule has 0 N–H and O–H groups in total. The third-order valence-electron chi connectivity index (χ3n) is 5.78. The molecule has 5 rings (SSSR count). The highest BCUT2D eigenvalue weighted by Crippen LogP contribution is 2.34. The topological polar surface area (TPSA) is 33.4 Å². The Kier molecular flexibility index (Phi) is 3.79. The van der Waals surface area contributed by atoms with E-state index < -0.39 is 11.6 Å². The number of halogens is 2. The van der Waals surface area contributed by atoms with E-state index in [9.17, 15) is 8.78 Å². The molecule has 3 aromatic heterocycles. The van der Waals surface area contributed by atoms with Crippen molar-refractivity contribution in [2.24, 2.45) is 11.8 Å². The van der Waals surface area contributed by atoms with Crippen LogP contribution in [0.25, 0.3) is 27.7 Å². The molecule has 28 heavy (non-hydrogen) atoms. The zero-order valence-electron chi connectivity index (χ0n) is 16.2. The van der Waals surface area contributed by atoms with Crippen molar-refractivity contribution < 1.29 is 8.78 Å². The first-order valence-corrected chi connectivity index (χ1v) is 9.73. The van der Waals surface area contributed by atoms with Crippen LogP contribution in [0.2, 0.25) is 0 Å². The van der Waals surface area contributed by atoms with E-state index in [1.54, 1.807) is 6.20 Å². The monoisotopic (exact) mass is 380 g/mol.